The first-order valence-corrected chi connectivity index (χ1v) is 6.25. The van der Waals surface area contributed by atoms with Gasteiger partial charge in [0.05, 0.1) is 19.8 Å². The predicted molar refractivity (Wildman–Crippen MR) is 73.7 cm³/mol. The van der Waals surface area contributed by atoms with E-state index in [-0.39, 0.29) is 5.78 Å². The summed E-state index contributed by atoms with van der Waals surface area (Å²) in [4.78, 5) is 11.2. The fraction of sp³-hybridized carbons (Fsp3) is 0.500. The van der Waals surface area contributed by atoms with Gasteiger partial charge < -0.3 is 19.9 Å². The van der Waals surface area contributed by atoms with Crippen molar-refractivity contribution in [1.29, 1.82) is 0 Å². The molecule has 5 heteroatoms. The molecule has 0 bridgehead atoms. The van der Waals surface area contributed by atoms with Gasteiger partial charge in [-0.3, -0.25) is 4.79 Å². The molecule has 0 unspecified atom stereocenters. The lowest BCUT2D eigenvalue weighted by atomic mass is 10.1. The molecule has 0 aliphatic heterocycles. The molecule has 5 nitrogen and oxygen atoms in total. The van der Waals surface area contributed by atoms with E-state index in [0.717, 1.165) is 6.42 Å². The lowest BCUT2D eigenvalue weighted by Crippen LogP contribution is -2.07. The molecule has 0 saturated carbocycles. The average molecular weight is 267 g/mol. The molecule has 0 spiro atoms. The van der Waals surface area contributed by atoms with Crippen LogP contribution in [0.4, 0.5) is 5.69 Å². The Morgan fingerprint density at radius 1 is 1.21 bits per heavy atom. The van der Waals surface area contributed by atoms with Crippen LogP contribution in [0.2, 0.25) is 0 Å². The summed E-state index contributed by atoms with van der Waals surface area (Å²) in [6, 6.07) is 5.10. The normalized spacial score (nSPS) is 10.4. The highest BCUT2D eigenvalue weighted by molar-refractivity contribution is 5.99. The van der Waals surface area contributed by atoms with Crippen LogP contribution in [0.15, 0.2) is 18.2 Å². The molecule has 0 heterocycles. The first-order valence-electron chi connectivity index (χ1n) is 6.25. The predicted octanol–water partition coefficient (Wildman–Crippen LogP) is 1.90. The maximum atomic E-state index is 11.2. The zero-order chi connectivity index (χ0) is 14.1. The van der Waals surface area contributed by atoms with Crippen molar-refractivity contribution in [3.8, 4) is 5.75 Å². The zero-order valence-electron chi connectivity index (χ0n) is 11.5. The number of nitrogen functional groups attached to an aromatic ring is 1. The van der Waals surface area contributed by atoms with Gasteiger partial charge in [0, 0.05) is 37.5 Å². The van der Waals surface area contributed by atoms with Crippen molar-refractivity contribution in [3.05, 3.63) is 23.8 Å². The van der Waals surface area contributed by atoms with Crippen LogP contribution in [0.3, 0.4) is 0 Å². The van der Waals surface area contributed by atoms with Gasteiger partial charge in [0.2, 0.25) is 0 Å². The highest BCUT2D eigenvalue weighted by atomic mass is 16.5. The van der Waals surface area contributed by atoms with Crippen LogP contribution < -0.4 is 10.5 Å². The Bertz CT molecular complexity index is 406. The molecule has 0 fully saturated rings. The smallest absolute Gasteiger partial charge is 0.161 e. The van der Waals surface area contributed by atoms with Crippen LogP contribution in [0.5, 0.6) is 5.75 Å². The van der Waals surface area contributed by atoms with Gasteiger partial charge >= 0.3 is 0 Å². The Labute approximate surface area is 113 Å². The van der Waals surface area contributed by atoms with E-state index in [0.29, 0.717) is 43.4 Å². The Morgan fingerprint density at radius 2 is 2.00 bits per heavy atom. The lowest BCUT2D eigenvalue weighted by Gasteiger charge is -2.09. The lowest BCUT2D eigenvalue weighted by molar-refractivity contribution is 0.0644. The van der Waals surface area contributed by atoms with Crippen LogP contribution in [0.25, 0.3) is 0 Å². The fourth-order valence-corrected chi connectivity index (χ4v) is 1.55. The van der Waals surface area contributed by atoms with Crippen LogP contribution in [0, 0.1) is 0 Å². The van der Waals surface area contributed by atoms with E-state index in [1.54, 1.807) is 25.3 Å². The maximum Gasteiger partial charge on any atom is 0.161 e. The summed E-state index contributed by atoms with van der Waals surface area (Å²) < 4.78 is 15.7. The van der Waals surface area contributed by atoms with Gasteiger partial charge in [-0.25, -0.2) is 0 Å². The van der Waals surface area contributed by atoms with Crippen molar-refractivity contribution >= 4 is 11.5 Å². The Hall–Kier alpha value is -1.59. The molecule has 1 aromatic rings. The van der Waals surface area contributed by atoms with E-state index in [1.807, 2.05) is 0 Å². The van der Waals surface area contributed by atoms with Gasteiger partial charge in [-0.15, -0.1) is 0 Å². The second kappa shape index (κ2) is 8.50. The third-order valence-electron chi connectivity index (χ3n) is 2.54. The number of Topliss-reactive ketones (excluding diaryl/α,β-unsaturated/α-hetero) is 1. The number of nitrogens with two attached hydrogens (primary N) is 1. The van der Waals surface area contributed by atoms with E-state index in [1.165, 1.54) is 6.92 Å². The third-order valence-corrected chi connectivity index (χ3v) is 2.54. The van der Waals surface area contributed by atoms with Crippen molar-refractivity contribution in [3.63, 3.8) is 0 Å². The summed E-state index contributed by atoms with van der Waals surface area (Å²) in [5.74, 6) is 0.620. The van der Waals surface area contributed by atoms with Crippen molar-refractivity contribution in [2.45, 2.75) is 13.3 Å². The van der Waals surface area contributed by atoms with E-state index >= 15 is 0 Å². The Balaban J connectivity index is 2.26. The van der Waals surface area contributed by atoms with Crippen LogP contribution in [-0.4, -0.2) is 39.3 Å². The number of ether oxygens (including phenoxy) is 3. The molecule has 0 amide bonds. The molecule has 19 heavy (non-hydrogen) atoms. The standard InChI is InChI=1S/C14H21NO4/c1-11(16)13-5-4-12(10-14(13)15)19-7-3-6-18-9-8-17-2/h4-5,10H,3,6-9,15H2,1-2H3. The van der Waals surface area contributed by atoms with Crippen molar-refractivity contribution in [2.24, 2.45) is 0 Å². The molecule has 0 radical (unpaired) electrons. The van der Waals surface area contributed by atoms with E-state index < -0.39 is 0 Å². The quantitative estimate of drug-likeness (QED) is 0.420. The summed E-state index contributed by atoms with van der Waals surface area (Å²) in [5.41, 5.74) is 6.74. The molecule has 2 N–H and O–H groups in total. The third kappa shape index (κ3) is 5.72. The number of hydrogen-bond acceptors (Lipinski definition) is 5. The number of hydrogen-bond donors (Lipinski definition) is 1. The summed E-state index contributed by atoms with van der Waals surface area (Å²) in [6.07, 6.45) is 0.790. The summed E-state index contributed by atoms with van der Waals surface area (Å²) in [6.45, 7) is 3.86. The second-order valence-electron chi connectivity index (χ2n) is 4.11. The molecule has 1 rings (SSSR count). The number of carbonyl (C=O) groups excluding carboxylic acids is 1. The first kappa shape index (κ1) is 15.5. The van der Waals surface area contributed by atoms with Gasteiger partial charge in [-0.05, 0) is 19.1 Å². The minimum Gasteiger partial charge on any atom is -0.493 e. The molecule has 0 aromatic heterocycles. The number of carbonyl (C=O) groups is 1. The number of rotatable bonds is 9. The molecule has 0 saturated heterocycles. The van der Waals surface area contributed by atoms with Crippen molar-refractivity contribution in [2.75, 3.05) is 39.3 Å². The van der Waals surface area contributed by atoms with Crippen LogP contribution in [-0.2, 0) is 9.47 Å². The minimum absolute atomic E-state index is 0.0457. The fourth-order valence-electron chi connectivity index (χ4n) is 1.55. The monoisotopic (exact) mass is 267 g/mol. The summed E-state index contributed by atoms with van der Waals surface area (Å²) in [5, 5.41) is 0. The molecule has 0 aliphatic carbocycles. The Kier molecular flexibility index (Phi) is 6.92. The number of benzene rings is 1. The average Bonchev–Trinajstić information content (AvgIpc) is 2.37. The minimum atomic E-state index is -0.0457. The Morgan fingerprint density at radius 3 is 2.63 bits per heavy atom. The van der Waals surface area contributed by atoms with E-state index in [2.05, 4.69) is 0 Å². The maximum absolute atomic E-state index is 11.2. The van der Waals surface area contributed by atoms with Gasteiger partial charge in [-0.2, -0.15) is 0 Å². The number of anilines is 1. The van der Waals surface area contributed by atoms with E-state index in [9.17, 15) is 4.79 Å². The van der Waals surface area contributed by atoms with Gasteiger partial charge in [-0.1, -0.05) is 0 Å². The first-order chi connectivity index (χ1) is 9.15. The highest BCUT2D eigenvalue weighted by Crippen LogP contribution is 2.20. The molecule has 106 valence electrons. The zero-order valence-corrected chi connectivity index (χ0v) is 11.5. The van der Waals surface area contributed by atoms with Crippen LogP contribution >= 0.6 is 0 Å². The summed E-state index contributed by atoms with van der Waals surface area (Å²) in [7, 11) is 1.64. The molecule has 0 aliphatic rings. The highest BCUT2D eigenvalue weighted by Gasteiger charge is 2.05. The van der Waals surface area contributed by atoms with Crippen molar-refractivity contribution in [1.82, 2.24) is 0 Å². The van der Waals surface area contributed by atoms with Gasteiger partial charge in [0.15, 0.2) is 5.78 Å². The largest absolute Gasteiger partial charge is 0.493 e. The molecular weight excluding hydrogens is 246 g/mol. The SMILES string of the molecule is COCCOCCCOc1ccc(C(C)=O)c(N)c1. The number of methoxy groups -OCH3 is 1. The van der Waals surface area contributed by atoms with Crippen molar-refractivity contribution < 1.29 is 19.0 Å². The second-order valence-corrected chi connectivity index (χ2v) is 4.11. The summed E-state index contributed by atoms with van der Waals surface area (Å²) >= 11 is 0. The van der Waals surface area contributed by atoms with Gasteiger partial charge in [0.25, 0.3) is 0 Å². The van der Waals surface area contributed by atoms with Crippen LogP contribution in [0.1, 0.15) is 23.7 Å². The van der Waals surface area contributed by atoms with E-state index in [4.69, 9.17) is 19.9 Å². The number of ketones is 1. The molecule has 1 aromatic carbocycles. The molecular formula is C14H21NO4. The topological polar surface area (TPSA) is 70.8 Å². The molecule has 0 atom stereocenters. The van der Waals surface area contributed by atoms with Gasteiger partial charge in [0.1, 0.15) is 5.75 Å².